The lowest BCUT2D eigenvalue weighted by molar-refractivity contribution is -0.131. The van der Waals surface area contributed by atoms with Crippen LogP contribution in [0.15, 0.2) is 24.3 Å². The van der Waals surface area contributed by atoms with Crippen molar-refractivity contribution in [2.45, 2.75) is 38.3 Å². The average molecular weight is 396 g/mol. The molecular formula is C18H23Cl2N5O. The first-order valence-corrected chi connectivity index (χ1v) is 9.23. The van der Waals surface area contributed by atoms with Gasteiger partial charge < -0.3 is 14.8 Å². The molecule has 6 nitrogen and oxygen atoms in total. The van der Waals surface area contributed by atoms with Crippen molar-refractivity contribution in [3.05, 3.63) is 46.5 Å². The Kier molecular flexibility index (Phi) is 6.16. The van der Waals surface area contributed by atoms with Crippen molar-refractivity contribution in [3.8, 4) is 0 Å². The zero-order valence-corrected chi connectivity index (χ0v) is 16.1. The van der Waals surface area contributed by atoms with Gasteiger partial charge in [0.2, 0.25) is 5.91 Å². The Morgan fingerprint density at radius 3 is 2.81 bits per heavy atom. The highest BCUT2D eigenvalue weighted by molar-refractivity contribution is 6.30. The largest absolute Gasteiger partial charge is 0.342 e. The molecule has 1 aromatic carbocycles. The second-order valence-electron chi connectivity index (χ2n) is 6.76. The monoisotopic (exact) mass is 395 g/mol. The van der Waals surface area contributed by atoms with E-state index in [1.165, 1.54) is 0 Å². The maximum absolute atomic E-state index is 12.5. The summed E-state index contributed by atoms with van der Waals surface area (Å²) >= 11 is 6.00. The smallest absolute Gasteiger partial charge is 0.226 e. The third-order valence-electron chi connectivity index (χ3n) is 5.11. The minimum absolute atomic E-state index is 0. The predicted octanol–water partition coefficient (Wildman–Crippen LogP) is 2.41. The van der Waals surface area contributed by atoms with Gasteiger partial charge in [0.1, 0.15) is 11.6 Å². The van der Waals surface area contributed by atoms with Crippen LogP contribution in [0.3, 0.4) is 0 Å². The van der Waals surface area contributed by atoms with Crippen LogP contribution in [0.2, 0.25) is 5.02 Å². The molecule has 1 amide bonds. The van der Waals surface area contributed by atoms with Crippen LogP contribution in [0.1, 0.15) is 36.0 Å². The minimum atomic E-state index is 0. The number of benzene rings is 1. The van der Waals surface area contributed by atoms with Crippen LogP contribution in [0.4, 0.5) is 0 Å². The number of piperidine rings is 1. The van der Waals surface area contributed by atoms with E-state index in [4.69, 9.17) is 11.6 Å². The van der Waals surface area contributed by atoms with Gasteiger partial charge in [0, 0.05) is 37.1 Å². The van der Waals surface area contributed by atoms with Gasteiger partial charge in [-0.2, -0.15) is 0 Å². The normalized spacial score (nSPS) is 17.5. The van der Waals surface area contributed by atoms with Gasteiger partial charge >= 0.3 is 0 Å². The number of hydrogen-bond donors (Lipinski definition) is 1. The van der Waals surface area contributed by atoms with Gasteiger partial charge in [-0.15, -0.1) is 22.6 Å². The molecule has 0 saturated carbocycles. The zero-order chi connectivity index (χ0) is 17.2. The van der Waals surface area contributed by atoms with E-state index in [-0.39, 0.29) is 18.3 Å². The van der Waals surface area contributed by atoms with Gasteiger partial charge in [0.05, 0.1) is 13.0 Å². The summed E-state index contributed by atoms with van der Waals surface area (Å²) in [5.74, 6) is 2.70. The van der Waals surface area contributed by atoms with Gasteiger partial charge in [-0.1, -0.05) is 23.7 Å². The highest BCUT2D eigenvalue weighted by atomic mass is 35.5. The lowest BCUT2D eigenvalue weighted by atomic mass is 9.95. The molecule has 2 aliphatic rings. The number of nitrogens with one attached hydrogen (secondary N) is 1. The van der Waals surface area contributed by atoms with Gasteiger partial charge in [0.15, 0.2) is 0 Å². The van der Waals surface area contributed by atoms with Crippen LogP contribution < -0.4 is 5.32 Å². The van der Waals surface area contributed by atoms with Crippen LogP contribution in [0.25, 0.3) is 0 Å². The van der Waals surface area contributed by atoms with Crippen molar-refractivity contribution in [1.82, 2.24) is 25.0 Å². The van der Waals surface area contributed by atoms with Crippen LogP contribution in [0, 0.1) is 0 Å². The fraction of sp³-hybridized carbons (Fsp3) is 0.500. The quantitative estimate of drug-likeness (QED) is 0.866. The highest BCUT2D eigenvalue weighted by Gasteiger charge is 2.28. The summed E-state index contributed by atoms with van der Waals surface area (Å²) in [5.41, 5.74) is 0.971. The molecule has 0 spiro atoms. The molecule has 0 aliphatic carbocycles. The molecular weight excluding hydrogens is 373 g/mol. The number of halogens is 2. The van der Waals surface area contributed by atoms with Gasteiger partial charge in [-0.25, -0.2) is 0 Å². The van der Waals surface area contributed by atoms with E-state index >= 15 is 0 Å². The molecule has 4 rings (SSSR count). The second-order valence-corrected chi connectivity index (χ2v) is 7.20. The molecule has 1 saturated heterocycles. The number of carbonyl (C=O) groups is 1. The maximum atomic E-state index is 12.5. The Labute approximate surface area is 164 Å². The van der Waals surface area contributed by atoms with E-state index in [0.29, 0.717) is 17.4 Å². The molecule has 2 aliphatic heterocycles. The number of hydrogen-bond acceptors (Lipinski definition) is 4. The number of amides is 1. The Bertz CT molecular complexity index is 771. The summed E-state index contributed by atoms with van der Waals surface area (Å²) in [6.07, 6.45) is 2.32. The first-order valence-electron chi connectivity index (χ1n) is 8.85. The summed E-state index contributed by atoms with van der Waals surface area (Å²) in [4.78, 5) is 14.5. The van der Waals surface area contributed by atoms with Crippen molar-refractivity contribution in [3.63, 3.8) is 0 Å². The van der Waals surface area contributed by atoms with Crippen LogP contribution in [-0.4, -0.2) is 45.2 Å². The molecule has 0 bridgehead atoms. The fourth-order valence-corrected chi connectivity index (χ4v) is 3.95. The van der Waals surface area contributed by atoms with Crippen LogP contribution in [0.5, 0.6) is 0 Å². The lowest BCUT2D eigenvalue weighted by Crippen LogP contribution is -2.39. The summed E-state index contributed by atoms with van der Waals surface area (Å²) < 4.78 is 2.25. The van der Waals surface area contributed by atoms with E-state index in [2.05, 4.69) is 20.1 Å². The van der Waals surface area contributed by atoms with Crippen molar-refractivity contribution in [1.29, 1.82) is 0 Å². The van der Waals surface area contributed by atoms with Crippen molar-refractivity contribution in [2.24, 2.45) is 0 Å². The number of fused-ring (bicyclic) bond motifs is 1. The van der Waals surface area contributed by atoms with Crippen LogP contribution >= 0.6 is 24.0 Å². The first kappa shape index (κ1) is 19.1. The van der Waals surface area contributed by atoms with E-state index in [9.17, 15) is 4.79 Å². The van der Waals surface area contributed by atoms with E-state index in [1.807, 2.05) is 29.2 Å². The summed E-state index contributed by atoms with van der Waals surface area (Å²) in [6.45, 7) is 4.26. The fourth-order valence-electron chi connectivity index (χ4n) is 3.74. The Morgan fingerprint density at radius 1 is 1.23 bits per heavy atom. The Balaban J connectivity index is 0.00000196. The number of carbonyl (C=O) groups excluding carboxylic acids is 1. The molecule has 26 heavy (non-hydrogen) atoms. The van der Waals surface area contributed by atoms with Crippen molar-refractivity contribution >= 4 is 29.9 Å². The molecule has 2 aromatic rings. The number of rotatable bonds is 3. The first-order chi connectivity index (χ1) is 12.2. The topological polar surface area (TPSA) is 63.1 Å². The van der Waals surface area contributed by atoms with Crippen molar-refractivity contribution < 1.29 is 4.79 Å². The molecule has 140 valence electrons. The SMILES string of the molecule is Cl.O=C(Cc1cccc(Cl)c1)N1CCC(c2nnc3n2CCNC3)CC1. The molecule has 1 fully saturated rings. The van der Waals surface area contributed by atoms with Crippen LogP contribution in [-0.2, 0) is 24.3 Å². The summed E-state index contributed by atoms with van der Waals surface area (Å²) in [5, 5.41) is 12.7. The second kappa shape index (κ2) is 8.37. The van der Waals surface area contributed by atoms with E-state index in [1.54, 1.807) is 0 Å². The van der Waals surface area contributed by atoms with E-state index in [0.717, 1.165) is 62.8 Å². The highest BCUT2D eigenvalue weighted by Crippen LogP contribution is 2.28. The standard InChI is InChI=1S/C18H22ClN5O.ClH/c19-15-3-1-2-13(10-15)11-17(25)23-7-4-14(5-8-23)18-22-21-16-12-20-6-9-24(16)18;/h1-3,10,14,20H,4-9,11-12H2;1H. The molecule has 0 atom stereocenters. The third-order valence-corrected chi connectivity index (χ3v) is 5.34. The summed E-state index contributed by atoms with van der Waals surface area (Å²) in [7, 11) is 0. The maximum Gasteiger partial charge on any atom is 0.226 e. The van der Waals surface area contributed by atoms with Gasteiger partial charge in [0.25, 0.3) is 0 Å². The molecule has 1 aromatic heterocycles. The number of aromatic nitrogens is 3. The zero-order valence-electron chi connectivity index (χ0n) is 14.5. The van der Waals surface area contributed by atoms with Gasteiger partial charge in [-0.3, -0.25) is 4.79 Å². The van der Waals surface area contributed by atoms with E-state index < -0.39 is 0 Å². The molecule has 0 unspecified atom stereocenters. The third kappa shape index (κ3) is 4.03. The average Bonchev–Trinajstić information content (AvgIpc) is 3.06. The predicted molar refractivity (Wildman–Crippen MR) is 103 cm³/mol. The lowest BCUT2D eigenvalue weighted by Gasteiger charge is -2.32. The Hall–Kier alpha value is -1.63. The van der Waals surface area contributed by atoms with Gasteiger partial charge in [-0.05, 0) is 30.5 Å². The molecule has 0 radical (unpaired) electrons. The minimum Gasteiger partial charge on any atom is -0.342 e. The number of likely N-dealkylation sites (tertiary alicyclic amines) is 1. The van der Waals surface area contributed by atoms with Crippen molar-refractivity contribution in [2.75, 3.05) is 19.6 Å². The summed E-state index contributed by atoms with van der Waals surface area (Å²) in [6, 6.07) is 7.53. The number of nitrogens with zero attached hydrogens (tertiary/aromatic N) is 4. The molecule has 8 heteroatoms. The molecule has 1 N–H and O–H groups in total. The molecule has 3 heterocycles. The Morgan fingerprint density at radius 2 is 2.04 bits per heavy atom.